The number of aromatic nitrogens is 1. The zero-order valence-corrected chi connectivity index (χ0v) is 14.9. The highest BCUT2D eigenvalue weighted by molar-refractivity contribution is 7.90. The van der Waals surface area contributed by atoms with Gasteiger partial charge in [0.1, 0.15) is 11.5 Å². The summed E-state index contributed by atoms with van der Waals surface area (Å²) < 4.78 is 35.7. The first-order chi connectivity index (χ1) is 12.4. The highest BCUT2D eigenvalue weighted by Gasteiger charge is 2.20. The average Bonchev–Trinajstić information content (AvgIpc) is 3.03. The zero-order chi connectivity index (χ0) is 18.7. The van der Waals surface area contributed by atoms with Gasteiger partial charge in [-0.15, -0.1) is 0 Å². The number of hydrogen-bond donors (Lipinski definition) is 1. The summed E-state index contributed by atoms with van der Waals surface area (Å²) in [6, 6.07) is 15.6. The minimum absolute atomic E-state index is 0.0537. The molecule has 0 saturated carbocycles. The zero-order valence-electron chi connectivity index (χ0n) is 14.1. The van der Waals surface area contributed by atoms with Gasteiger partial charge >= 0.3 is 6.09 Å². The number of carbonyl (C=O) groups excluding carboxylic acids is 1. The SMILES string of the molecule is COC(=O)NS(=O)(=O)c1ccc(-c2c(-c3ccccc3)noc2C)cc1. The minimum Gasteiger partial charge on any atom is -0.452 e. The van der Waals surface area contributed by atoms with Crippen LogP contribution in [0.2, 0.25) is 0 Å². The second-order valence-corrected chi connectivity index (χ2v) is 7.13. The van der Waals surface area contributed by atoms with E-state index in [-0.39, 0.29) is 4.90 Å². The van der Waals surface area contributed by atoms with Crippen LogP contribution in [0.3, 0.4) is 0 Å². The summed E-state index contributed by atoms with van der Waals surface area (Å²) in [5.41, 5.74) is 3.09. The van der Waals surface area contributed by atoms with Crippen LogP contribution in [-0.4, -0.2) is 26.8 Å². The molecule has 0 unspecified atom stereocenters. The summed E-state index contributed by atoms with van der Waals surface area (Å²) in [4.78, 5) is 11.1. The number of rotatable bonds is 4. The fourth-order valence-corrected chi connectivity index (χ4v) is 3.43. The Morgan fingerprint density at radius 3 is 2.31 bits per heavy atom. The lowest BCUT2D eigenvalue weighted by atomic mass is 10.00. The number of carbonyl (C=O) groups is 1. The van der Waals surface area contributed by atoms with Gasteiger partial charge in [-0.2, -0.15) is 0 Å². The maximum Gasteiger partial charge on any atom is 0.420 e. The van der Waals surface area contributed by atoms with E-state index >= 15 is 0 Å². The lowest BCUT2D eigenvalue weighted by molar-refractivity contribution is 0.177. The van der Waals surface area contributed by atoms with Crippen molar-refractivity contribution in [1.82, 2.24) is 9.88 Å². The van der Waals surface area contributed by atoms with Crippen molar-refractivity contribution in [2.45, 2.75) is 11.8 Å². The minimum atomic E-state index is -3.99. The van der Waals surface area contributed by atoms with E-state index in [0.717, 1.165) is 23.8 Å². The third-order valence-electron chi connectivity index (χ3n) is 3.77. The molecule has 134 valence electrons. The summed E-state index contributed by atoms with van der Waals surface area (Å²) in [5.74, 6) is 0.618. The van der Waals surface area contributed by atoms with Crippen molar-refractivity contribution in [1.29, 1.82) is 0 Å². The normalized spacial score (nSPS) is 11.2. The molecule has 26 heavy (non-hydrogen) atoms. The number of hydrogen-bond acceptors (Lipinski definition) is 6. The number of sulfonamides is 1. The molecule has 0 aliphatic carbocycles. The van der Waals surface area contributed by atoms with Crippen LogP contribution in [0, 0.1) is 6.92 Å². The van der Waals surface area contributed by atoms with Gasteiger partial charge in [-0.3, -0.25) is 0 Å². The molecule has 1 aromatic heterocycles. The fourth-order valence-electron chi connectivity index (χ4n) is 2.52. The molecule has 0 bridgehead atoms. The maximum absolute atomic E-state index is 12.1. The Balaban J connectivity index is 1.98. The molecule has 0 radical (unpaired) electrons. The van der Waals surface area contributed by atoms with Crippen LogP contribution in [-0.2, 0) is 14.8 Å². The predicted octanol–water partition coefficient (Wildman–Crippen LogP) is 3.36. The van der Waals surface area contributed by atoms with Crippen molar-refractivity contribution in [3.05, 3.63) is 60.4 Å². The van der Waals surface area contributed by atoms with Crippen LogP contribution < -0.4 is 4.72 Å². The topological polar surface area (TPSA) is 98.5 Å². The lowest BCUT2D eigenvalue weighted by Gasteiger charge is -2.07. The molecule has 0 spiro atoms. The molecule has 0 atom stereocenters. The van der Waals surface area contributed by atoms with E-state index in [4.69, 9.17) is 4.52 Å². The third-order valence-corrected chi connectivity index (χ3v) is 5.09. The van der Waals surface area contributed by atoms with E-state index in [0.29, 0.717) is 11.5 Å². The van der Waals surface area contributed by atoms with Crippen molar-refractivity contribution in [2.75, 3.05) is 7.11 Å². The molecular formula is C18H16N2O5S. The van der Waals surface area contributed by atoms with Crippen molar-refractivity contribution >= 4 is 16.1 Å². The molecular weight excluding hydrogens is 356 g/mol. The Kier molecular flexibility index (Phi) is 4.77. The molecule has 0 fully saturated rings. The molecule has 8 heteroatoms. The van der Waals surface area contributed by atoms with Gasteiger partial charge in [0.2, 0.25) is 0 Å². The number of benzene rings is 2. The molecule has 0 saturated heterocycles. The first kappa shape index (κ1) is 17.7. The van der Waals surface area contributed by atoms with Gasteiger partial charge in [-0.05, 0) is 24.6 Å². The van der Waals surface area contributed by atoms with Crippen LogP contribution in [0.4, 0.5) is 4.79 Å². The highest BCUT2D eigenvalue weighted by atomic mass is 32.2. The summed E-state index contributed by atoms with van der Waals surface area (Å²) in [6.45, 7) is 1.79. The monoisotopic (exact) mass is 372 g/mol. The molecule has 7 nitrogen and oxygen atoms in total. The average molecular weight is 372 g/mol. The summed E-state index contributed by atoms with van der Waals surface area (Å²) in [7, 11) is -2.90. The third kappa shape index (κ3) is 3.45. The Hall–Kier alpha value is -3.13. The van der Waals surface area contributed by atoms with E-state index in [1.165, 1.54) is 12.1 Å². The smallest absolute Gasteiger partial charge is 0.420 e. The van der Waals surface area contributed by atoms with Gasteiger partial charge < -0.3 is 9.26 Å². The van der Waals surface area contributed by atoms with Crippen molar-refractivity contribution in [3.8, 4) is 22.4 Å². The van der Waals surface area contributed by atoms with E-state index in [2.05, 4.69) is 9.89 Å². The molecule has 1 heterocycles. The molecule has 3 aromatic rings. The van der Waals surface area contributed by atoms with Crippen molar-refractivity contribution < 1.29 is 22.5 Å². The van der Waals surface area contributed by atoms with Gasteiger partial charge in [0, 0.05) is 5.56 Å². The second-order valence-electron chi connectivity index (χ2n) is 5.45. The maximum atomic E-state index is 12.1. The second kappa shape index (κ2) is 7.01. The molecule has 0 aliphatic rings. The van der Waals surface area contributed by atoms with Crippen LogP contribution in [0.15, 0.2) is 64.0 Å². The number of nitrogens with one attached hydrogen (secondary N) is 1. The molecule has 0 aliphatic heterocycles. The number of amides is 1. The molecule has 1 amide bonds. The van der Waals surface area contributed by atoms with E-state index in [1.54, 1.807) is 23.8 Å². The van der Waals surface area contributed by atoms with Crippen LogP contribution in [0.5, 0.6) is 0 Å². The first-order valence-corrected chi connectivity index (χ1v) is 9.13. The van der Waals surface area contributed by atoms with Crippen LogP contribution in [0.1, 0.15) is 5.76 Å². The fraction of sp³-hybridized carbons (Fsp3) is 0.111. The van der Waals surface area contributed by atoms with Crippen molar-refractivity contribution in [3.63, 3.8) is 0 Å². The Labute approximate surface area is 150 Å². The van der Waals surface area contributed by atoms with Gasteiger partial charge in [0.25, 0.3) is 10.0 Å². The Morgan fingerprint density at radius 1 is 1.04 bits per heavy atom. The largest absolute Gasteiger partial charge is 0.452 e. The van der Waals surface area contributed by atoms with Crippen LogP contribution in [0.25, 0.3) is 22.4 Å². The highest BCUT2D eigenvalue weighted by Crippen LogP contribution is 2.34. The van der Waals surface area contributed by atoms with Gasteiger partial charge in [-0.25, -0.2) is 17.9 Å². The summed E-state index contributed by atoms with van der Waals surface area (Å²) >= 11 is 0. The molecule has 2 aromatic carbocycles. The Bertz CT molecular complexity index is 1030. The van der Waals surface area contributed by atoms with E-state index < -0.39 is 16.1 Å². The number of ether oxygens (including phenoxy) is 1. The summed E-state index contributed by atoms with van der Waals surface area (Å²) in [6.07, 6.45) is -1.05. The molecule has 3 rings (SSSR count). The number of methoxy groups -OCH3 is 1. The van der Waals surface area contributed by atoms with E-state index in [1.807, 2.05) is 30.3 Å². The molecule has 1 N–H and O–H groups in total. The van der Waals surface area contributed by atoms with E-state index in [9.17, 15) is 13.2 Å². The van der Waals surface area contributed by atoms with Gasteiger partial charge in [-0.1, -0.05) is 47.6 Å². The van der Waals surface area contributed by atoms with Gasteiger partial charge in [0.05, 0.1) is 17.6 Å². The van der Waals surface area contributed by atoms with Crippen LogP contribution >= 0.6 is 0 Å². The number of aryl methyl sites for hydroxylation is 1. The van der Waals surface area contributed by atoms with Gasteiger partial charge in [0.15, 0.2) is 0 Å². The predicted molar refractivity (Wildman–Crippen MR) is 94.8 cm³/mol. The standard InChI is InChI=1S/C18H16N2O5S/c1-12-16(17(19-25-12)14-6-4-3-5-7-14)13-8-10-15(11-9-13)26(22,23)20-18(21)24-2/h3-11H,1-2H3,(H,20,21). The summed E-state index contributed by atoms with van der Waals surface area (Å²) in [5, 5.41) is 4.12. The lowest BCUT2D eigenvalue weighted by Crippen LogP contribution is -2.30. The Morgan fingerprint density at radius 2 is 1.69 bits per heavy atom. The van der Waals surface area contributed by atoms with Crippen molar-refractivity contribution in [2.24, 2.45) is 0 Å². The first-order valence-electron chi connectivity index (χ1n) is 7.65. The quantitative estimate of drug-likeness (QED) is 0.754. The number of nitrogens with zero attached hydrogens (tertiary/aromatic N) is 1.